The first-order chi connectivity index (χ1) is 10.7. The zero-order valence-electron chi connectivity index (χ0n) is 13.4. The van der Waals surface area contributed by atoms with E-state index in [1.165, 1.54) is 24.8 Å². The molecule has 1 unspecified atom stereocenters. The maximum Gasteiger partial charge on any atom is 0.225 e. The number of hydrogen-bond donors (Lipinski definition) is 1. The Kier molecular flexibility index (Phi) is 4.56. The SMILES string of the molecule is Cc1cc(N2CCCCC2)nc(NC(C)c2ccccc2)n1. The summed E-state index contributed by atoms with van der Waals surface area (Å²) in [6.07, 6.45) is 3.84. The molecule has 1 N–H and O–H groups in total. The monoisotopic (exact) mass is 296 g/mol. The van der Waals surface area contributed by atoms with Gasteiger partial charge in [-0.1, -0.05) is 30.3 Å². The fourth-order valence-electron chi connectivity index (χ4n) is 2.92. The lowest BCUT2D eigenvalue weighted by Gasteiger charge is -2.28. The van der Waals surface area contributed by atoms with Gasteiger partial charge in [-0.3, -0.25) is 0 Å². The smallest absolute Gasteiger partial charge is 0.225 e. The normalized spacial score (nSPS) is 16.4. The van der Waals surface area contributed by atoms with Crippen LogP contribution in [-0.4, -0.2) is 23.1 Å². The average molecular weight is 296 g/mol. The molecule has 116 valence electrons. The van der Waals surface area contributed by atoms with E-state index >= 15 is 0 Å². The Hall–Kier alpha value is -2.10. The zero-order chi connectivity index (χ0) is 15.4. The van der Waals surface area contributed by atoms with Crippen LogP contribution in [0.15, 0.2) is 36.4 Å². The van der Waals surface area contributed by atoms with Crippen LogP contribution >= 0.6 is 0 Å². The van der Waals surface area contributed by atoms with E-state index in [0.29, 0.717) is 0 Å². The summed E-state index contributed by atoms with van der Waals surface area (Å²) in [4.78, 5) is 11.6. The van der Waals surface area contributed by atoms with Gasteiger partial charge in [-0.2, -0.15) is 4.98 Å². The minimum absolute atomic E-state index is 0.192. The number of aromatic nitrogens is 2. The highest BCUT2D eigenvalue weighted by Crippen LogP contribution is 2.22. The number of hydrogen-bond acceptors (Lipinski definition) is 4. The lowest BCUT2D eigenvalue weighted by Crippen LogP contribution is -2.30. The molecule has 1 atom stereocenters. The van der Waals surface area contributed by atoms with Crippen LogP contribution in [0.4, 0.5) is 11.8 Å². The lowest BCUT2D eigenvalue weighted by atomic mass is 10.1. The third kappa shape index (κ3) is 3.56. The molecule has 0 amide bonds. The molecule has 3 rings (SSSR count). The summed E-state index contributed by atoms with van der Waals surface area (Å²) in [6, 6.07) is 12.7. The summed E-state index contributed by atoms with van der Waals surface area (Å²) in [5.74, 6) is 1.77. The molecule has 4 heteroatoms. The number of nitrogens with one attached hydrogen (secondary N) is 1. The van der Waals surface area contributed by atoms with Crippen LogP contribution in [-0.2, 0) is 0 Å². The molecule has 22 heavy (non-hydrogen) atoms. The van der Waals surface area contributed by atoms with Crippen LogP contribution in [0.2, 0.25) is 0 Å². The van der Waals surface area contributed by atoms with E-state index in [9.17, 15) is 0 Å². The van der Waals surface area contributed by atoms with Crippen LogP contribution in [0, 0.1) is 6.92 Å². The number of rotatable bonds is 4. The van der Waals surface area contributed by atoms with Crippen molar-refractivity contribution in [2.75, 3.05) is 23.3 Å². The van der Waals surface area contributed by atoms with E-state index in [1.54, 1.807) is 0 Å². The molecule has 0 aliphatic carbocycles. The summed E-state index contributed by atoms with van der Waals surface area (Å²) < 4.78 is 0. The average Bonchev–Trinajstić information content (AvgIpc) is 2.56. The van der Waals surface area contributed by atoms with Crippen molar-refractivity contribution in [3.05, 3.63) is 47.7 Å². The van der Waals surface area contributed by atoms with Crippen molar-refractivity contribution in [2.24, 2.45) is 0 Å². The summed E-state index contributed by atoms with van der Waals surface area (Å²) in [6.45, 7) is 6.38. The van der Waals surface area contributed by atoms with Crippen LogP contribution in [0.5, 0.6) is 0 Å². The summed E-state index contributed by atoms with van der Waals surface area (Å²) in [7, 11) is 0. The number of piperidine rings is 1. The first kappa shape index (κ1) is 14.8. The first-order valence-corrected chi connectivity index (χ1v) is 8.14. The van der Waals surface area contributed by atoms with Crippen molar-refractivity contribution in [3.63, 3.8) is 0 Å². The Morgan fingerprint density at radius 2 is 1.77 bits per heavy atom. The first-order valence-electron chi connectivity index (χ1n) is 8.14. The zero-order valence-corrected chi connectivity index (χ0v) is 13.4. The number of anilines is 2. The molecule has 0 radical (unpaired) electrons. The van der Waals surface area contributed by atoms with E-state index in [4.69, 9.17) is 4.98 Å². The van der Waals surface area contributed by atoms with Gasteiger partial charge in [-0.05, 0) is 38.7 Å². The maximum absolute atomic E-state index is 4.73. The van der Waals surface area contributed by atoms with E-state index in [1.807, 2.05) is 13.0 Å². The van der Waals surface area contributed by atoms with E-state index in [2.05, 4.69) is 52.5 Å². The molecule has 1 aromatic carbocycles. The molecular weight excluding hydrogens is 272 g/mol. The van der Waals surface area contributed by atoms with Gasteiger partial charge in [0.1, 0.15) is 5.82 Å². The van der Waals surface area contributed by atoms with Gasteiger partial charge in [0, 0.05) is 24.8 Å². The molecule has 1 aliphatic heterocycles. The molecule has 0 saturated carbocycles. The highest BCUT2D eigenvalue weighted by Gasteiger charge is 2.14. The second-order valence-electron chi connectivity index (χ2n) is 6.02. The molecule has 4 nitrogen and oxygen atoms in total. The van der Waals surface area contributed by atoms with E-state index in [-0.39, 0.29) is 6.04 Å². The second kappa shape index (κ2) is 6.77. The quantitative estimate of drug-likeness (QED) is 0.927. The Balaban J connectivity index is 1.77. The number of benzene rings is 1. The van der Waals surface area contributed by atoms with Crippen molar-refractivity contribution in [1.82, 2.24) is 9.97 Å². The third-order valence-electron chi connectivity index (χ3n) is 4.17. The standard InChI is InChI=1S/C18H24N4/c1-14-13-17(22-11-7-4-8-12-22)21-18(19-14)20-15(2)16-9-5-3-6-10-16/h3,5-6,9-10,13,15H,4,7-8,11-12H2,1-2H3,(H,19,20,21). The van der Waals surface area contributed by atoms with Crippen LogP contribution in [0.25, 0.3) is 0 Å². The van der Waals surface area contributed by atoms with Crippen molar-refractivity contribution in [3.8, 4) is 0 Å². The summed E-state index contributed by atoms with van der Waals surface area (Å²) in [5.41, 5.74) is 2.26. The van der Waals surface area contributed by atoms with Crippen molar-refractivity contribution < 1.29 is 0 Å². The highest BCUT2D eigenvalue weighted by molar-refractivity contribution is 5.46. The highest BCUT2D eigenvalue weighted by atomic mass is 15.2. The van der Waals surface area contributed by atoms with Gasteiger partial charge in [-0.25, -0.2) is 4.98 Å². The Morgan fingerprint density at radius 3 is 2.50 bits per heavy atom. The number of nitrogens with zero attached hydrogens (tertiary/aromatic N) is 3. The molecular formula is C18H24N4. The Labute approximate surface area is 132 Å². The largest absolute Gasteiger partial charge is 0.356 e. The van der Waals surface area contributed by atoms with Crippen molar-refractivity contribution >= 4 is 11.8 Å². The van der Waals surface area contributed by atoms with Crippen LogP contribution in [0.3, 0.4) is 0 Å². The van der Waals surface area contributed by atoms with Crippen LogP contribution in [0.1, 0.15) is 43.5 Å². The molecule has 1 aliphatic rings. The van der Waals surface area contributed by atoms with Gasteiger partial charge in [0.05, 0.1) is 6.04 Å². The predicted molar refractivity (Wildman–Crippen MR) is 91.3 cm³/mol. The van der Waals surface area contributed by atoms with Gasteiger partial charge >= 0.3 is 0 Å². The van der Waals surface area contributed by atoms with Crippen molar-refractivity contribution in [1.29, 1.82) is 0 Å². The molecule has 0 bridgehead atoms. The minimum Gasteiger partial charge on any atom is -0.356 e. The summed E-state index contributed by atoms with van der Waals surface area (Å²) >= 11 is 0. The molecule has 0 spiro atoms. The van der Waals surface area contributed by atoms with Gasteiger partial charge in [0.15, 0.2) is 0 Å². The second-order valence-corrected chi connectivity index (χ2v) is 6.02. The van der Waals surface area contributed by atoms with E-state index in [0.717, 1.165) is 30.5 Å². The van der Waals surface area contributed by atoms with Gasteiger partial charge < -0.3 is 10.2 Å². The maximum atomic E-state index is 4.73. The van der Waals surface area contributed by atoms with Gasteiger partial charge in [0.2, 0.25) is 5.95 Å². The van der Waals surface area contributed by atoms with Gasteiger partial charge in [-0.15, -0.1) is 0 Å². The van der Waals surface area contributed by atoms with E-state index < -0.39 is 0 Å². The lowest BCUT2D eigenvalue weighted by molar-refractivity contribution is 0.573. The fraction of sp³-hybridized carbons (Fsp3) is 0.444. The van der Waals surface area contributed by atoms with Gasteiger partial charge in [0.25, 0.3) is 0 Å². The molecule has 2 aromatic rings. The van der Waals surface area contributed by atoms with Crippen molar-refractivity contribution in [2.45, 2.75) is 39.2 Å². The fourth-order valence-corrected chi connectivity index (χ4v) is 2.92. The molecule has 1 saturated heterocycles. The van der Waals surface area contributed by atoms with Crippen LogP contribution < -0.4 is 10.2 Å². The topological polar surface area (TPSA) is 41.1 Å². The molecule has 2 heterocycles. The Bertz CT molecular complexity index is 606. The molecule has 1 aromatic heterocycles. The summed E-state index contributed by atoms with van der Waals surface area (Å²) in [5, 5.41) is 3.43. The third-order valence-corrected chi connectivity index (χ3v) is 4.17. The number of aryl methyl sites for hydroxylation is 1. The predicted octanol–water partition coefficient (Wildman–Crippen LogP) is 3.95. The molecule has 1 fully saturated rings. The Morgan fingerprint density at radius 1 is 1.05 bits per heavy atom. The minimum atomic E-state index is 0.192.